The molecule has 1 atom stereocenters. The summed E-state index contributed by atoms with van der Waals surface area (Å²) in [6.07, 6.45) is 1.77. The van der Waals surface area contributed by atoms with Crippen LogP contribution in [-0.4, -0.2) is 56.4 Å². The summed E-state index contributed by atoms with van der Waals surface area (Å²) >= 11 is 0. The van der Waals surface area contributed by atoms with Crippen molar-refractivity contribution in [3.63, 3.8) is 0 Å². The molecule has 1 unspecified atom stereocenters. The molecule has 0 aromatic heterocycles. The molecule has 3 rings (SSSR count). The van der Waals surface area contributed by atoms with Crippen LogP contribution in [0.1, 0.15) is 18.4 Å². The van der Waals surface area contributed by atoms with Gasteiger partial charge in [0.15, 0.2) is 9.84 Å². The maximum absolute atomic E-state index is 12.8. The predicted octanol–water partition coefficient (Wildman–Crippen LogP) is 1.22. The maximum atomic E-state index is 12.8. The molecule has 120 valence electrons. The number of hydrogen-bond donors (Lipinski definition) is 0. The van der Waals surface area contributed by atoms with Gasteiger partial charge in [-0.2, -0.15) is 0 Å². The Kier molecular flexibility index (Phi) is 4.23. The van der Waals surface area contributed by atoms with Gasteiger partial charge in [-0.3, -0.25) is 9.69 Å². The maximum Gasteiger partial charge on any atom is 0.244 e. The lowest BCUT2D eigenvalue weighted by molar-refractivity contribution is -0.125. The highest BCUT2D eigenvalue weighted by molar-refractivity contribution is 7.91. The van der Waals surface area contributed by atoms with Crippen LogP contribution in [-0.2, 0) is 14.6 Å². The highest BCUT2D eigenvalue weighted by Gasteiger charge is 2.36. The number of piperidine rings is 1. The van der Waals surface area contributed by atoms with Gasteiger partial charge >= 0.3 is 0 Å². The molecule has 5 nitrogen and oxygen atoms in total. The summed E-state index contributed by atoms with van der Waals surface area (Å²) in [7, 11) is -2.91. The average molecular weight is 322 g/mol. The molecule has 1 aromatic carbocycles. The molecule has 22 heavy (non-hydrogen) atoms. The first-order valence-corrected chi connectivity index (χ1v) is 9.61. The summed E-state index contributed by atoms with van der Waals surface area (Å²) < 4.78 is 23.1. The third-order valence-corrected chi connectivity index (χ3v) is 6.18. The van der Waals surface area contributed by atoms with Gasteiger partial charge in [0.25, 0.3) is 0 Å². The fourth-order valence-electron chi connectivity index (χ4n) is 3.21. The third kappa shape index (κ3) is 3.17. The van der Waals surface area contributed by atoms with Crippen LogP contribution in [0, 0.1) is 6.92 Å². The molecule has 0 N–H and O–H groups in total. The summed E-state index contributed by atoms with van der Waals surface area (Å²) in [5, 5.41) is 0. The van der Waals surface area contributed by atoms with Crippen molar-refractivity contribution in [1.29, 1.82) is 0 Å². The zero-order chi connectivity index (χ0) is 15.7. The van der Waals surface area contributed by atoms with Crippen LogP contribution in [0.15, 0.2) is 24.3 Å². The monoisotopic (exact) mass is 322 g/mol. The van der Waals surface area contributed by atoms with E-state index in [-0.39, 0.29) is 23.5 Å². The largest absolute Gasteiger partial charge is 0.311 e. The number of nitrogens with zero attached hydrogens (tertiary/aromatic N) is 2. The number of benzene rings is 1. The second-order valence-electron chi connectivity index (χ2n) is 6.17. The highest BCUT2D eigenvalue weighted by Crippen LogP contribution is 2.25. The molecule has 2 aliphatic heterocycles. The standard InChI is InChI=1S/C16H22N2O3S/c1-13-4-6-14(7-5-13)18-8-2-3-15(16(18)19)17-9-11-22(20,21)12-10-17/h4-7,15H,2-3,8-12H2,1H3. The van der Waals surface area contributed by atoms with Crippen LogP contribution in [0.3, 0.4) is 0 Å². The van der Waals surface area contributed by atoms with Gasteiger partial charge < -0.3 is 4.90 Å². The number of aryl methyl sites for hydroxylation is 1. The van der Waals surface area contributed by atoms with Crippen molar-refractivity contribution < 1.29 is 13.2 Å². The quantitative estimate of drug-likeness (QED) is 0.821. The third-order valence-electron chi connectivity index (χ3n) is 4.58. The zero-order valence-corrected chi connectivity index (χ0v) is 13.7. The molecule has 2 saturated heterocycles. The lowest BCUT2D eigenvalue weighted by Crippen LogP contribution is -2.56. The summed E-state index contributed by atoms with van der Waals surface area (Å²) in [5.41, 5.74) is 2.11. The van der Waals surface area contributed by atoms with Crippen LogP contribution < -0.4 is 4.90 Å². The Balaban J connectivity index is 1.74. The molecular formula is C16H22N2O3S. The summed E-state index contributed by atoms with van der Waals surface area (Å²) in [4.78, 5) is 16.7. The summed E-state index contributed by atoms with van der Waals surface area (Å²) in [5.74, 6) is 0.442. The fraction of sp³-hybridized carbons (Fsp3) is 0.562. The minimum atomic E-state index is -2.91. The van der Waals surface area contributed by atoms with E-state index in [4.69, 9.17) is 0 Å². The Morgan fingerprint density at radius 2 is 1.68 bits per heavy atom. The van der Waals surface area contributed by atoms with Gasteiger partial charge in [0.2, 0.25) is 5.91 Å². The van der Waals surface area contributed by atoms with Crippen molar-refractivity contribution in [2.45, 2.75) is 25.8 Å². The summed E-state index contributed by atoms with van der Waals surface area (Å²) in [6.45, 7) is 3.71. The van der Waals surface area contributed by atoms with E-state index in [0.29, 0.717) is 13.1 Å². The van der Waals surface area contributed by atoms with Gasteiger partial charge in [0, 0.05) is 25.3 Å². The molecule has 0 aliphatic carbocycles. The number of amides is 1. The Labute approximate surface area is 131 Å². The van der Waals surface area contributed by atoms with E-state index >= 15 is 0 Å². The number of carbonyl (C=O) groups excluding carboxylic acids is 1. The van der Waals surface area contributed by atoms with E-state index < -0.39 is 9.84 Å². The summed E-state index contributed by atoms with van der Waals surface area (Å²) in [6, 6.07) is 7.82. The van der Waals surface area contributed by atoms with Crippen LogP contribution in [0.25, 0.3) is 0 Å². The lowest BCUT2D eigenvalue weighted by Gasteiger charge is -2.39. The minimum Gasteiger partial charge on any atom is -0.311 e. The molecule has 0 radical (unpaired) electrons. The minimum absolute atomic E-state index is 0.106. The molecule has 2 fully saturated rings. The Morgan fingerprint density at radius 3 is 2.32 bits per heavy atom. The molecule has 2 aliphatic rings. The molecular weight excluding hydrogens is 300 g/mol. The molecule has 1 aromatic rings. The number of hydrogen-bond acceptors (Lipinski definition) is 4. The van der Waals surface area contributed by atoms with E-state index in [2.05, 4.69) is 0 Å². The number of rotatable bonds is 2. The molecule has 0 spiro atoms. The first-order chi connectivity index (χ1) is 10.5. The SMILES string of the molecule is Cc1ccc(N2CCCC(N3CCS(=O)(=O)CC3)C2=O)cc1. The van der Waals surface area contributed by atoms with Crippen molar-refractivity contribution in [3.05, 3.63) is 29.8 Å². The van der Waals surface area contributed by atoms with Crippen LogP contribution in [0.2, 0.25) is 0 Å². The van der Waals surface area contributed by atoms with Crippen LogP contribution >= 0.6 is 0 Å². The topological polar surface area (TPSA) is 57.7 Å². The lowest BCUT2D eigenvalue weighted by atomic mass is 10.0. The molecule has 1 amide bonds. The van der Waals surface area contributed by atoms with Crippen molar-refractivity contribution in [2.24, 2.45) is 0 Å². The van der Waals surface area contributed by atoms with E-state index in [1.165, 1.54) is 5.56 Å². The van der Waals surface area contributed by atoms with E-state index in [1.807, 2.05) is 41.0 Å². The zero-order valence-electron chi connectivity index (χ0n) is 12.9. The molecule has 0 bridgehead atoms. The second kappa shape index (κ2) is 6.01. The Hall–Kier alpha value is -1.40. The van der Waals surface area contributed by atoms with Crippen molar-refractivity contribution in [1.82, 2.24) is 4.90 Å². The molecule has 2 heterocycles. The van der Waals surface area contributed by atoms with Crippen LogP contribution in [0.5, 0.6) is 0 Å². The number of carbonyl (C=O) groups is 1. The normalized spacial score (nSPS) is 26.1. The number of sulfone groups is 1. The van der Waals surface area contributed by atoms with Crippen molar-refractivity contribution in [3.8, 4) is 0 Å². The fourth-order valence-corrected chi connectivity index (χ4v) is 4.44. The number of anilines is 1. The highest BCUT2D eigenvalue weighted by atomic mass is 32.2. The Bertz CT molecular complexity index is 640. The first-order valence-electron chi connectivity index (χ1n) is 7.79. The first kappa shape index (κ1) is 15.5. The van der Waals surface area contributed by atoms with E-state index in [1.54, 1.807) is 0 Å². The van der Waals surface area contributed by atoms with Crippen molar-refractivity contribution >= 4 is 21.4 Å². The van der Waals surface area contributed by atoms with E-state index in [9.17, 15) is 13.2 Å². The van der Waals surface area contributed by atoms with Gasteiger partial charge in [-0.15, -0.1) is 0 Å². The van der Waals surface area contributed by atoms with Crippen LogP contribution in [0.4, 0.5) is 5.69 Å². The second-order valence-corrected chi connectivity index (χ2v) is 8.47. The Morgan fingerprint density at radius 1 is 1.05 bits per heavy atom. The van der Waals surface area contributed by atoms with Gasteiger partial charge in [0.1, 0.15) is 0 Å². The van der Waals surface area contributed by atoms with Gasteiger partial charge in [-0.05, 0) is 31.9 Å². The smallest absolute Gasteiger partial charge is 0.244 e. The van der Waals surface area contributed by atoms with Gasteiger partial charge in [0.05, 0.1) is 17.5 Å². The predicted molar refractivity (Wildman–Crippen MR) is 86.8 cm³/mol. The van der Waals surface area contributed by atoms with Gasteiger partial charge in [-0.1, -0.05) is 17.7 Å². The molecule has 6 heteroatoms. The van der Waals surface area contributed by atoms with E-state index in [0.717, 1.165) is 25.1 Å². The molecule has 0 saturated carbocycles. The van der Waals surface area contributed by atoms with Crippen molar-refractivity contribution in [2.75, 3.05) is 36.0 Å². The van der Waals surface area contributed by atoms with Gasteiger partial charge in [-0.25, -0.2) is 8.42 Å². The average Bonchev–Trinajstić information content (AvgIpc) is 2.49.